The molecular formula is C16H22O6. The molecule has 1 N–H and O–H groups in total. The van der Waals surface area contributed by atoms with Gasteiger partial charge in [0.2, 0.25) is 0 Å². The second kappa shape index (κ2) is 9.04. The average molecular weight is 310 g/mol. The molecule has 1 aromatic rings. The van der Waals surface area contributed by atoms with Gasteiger partial charge in [0.25, 0.3) is 0 Å². The zero-order valence-electron chi connectivity index (χ0n) is 13.1. The highest BCUT2D eigenvalue weighted by Crippen LogP contribution is 2.16. The van der Waals surface area contributed by atoms with Crippen molar-refractivity contribution in [3.63, 3.8) is 0 Å². The van der Waals surface area contributed by atoms with Gasteiger partial charge in [-0.2, -0.15) is 0 Å². The fourth-order valence-electron chi connectivity index (χ4n) is 1.82. The van der Waals surface area contributed by atoms with Crippen LogP contribution in [0.5, 0.6) is 5.75 Å². The summed E-state index contributed by atoms with van der Waals surface area (Å²) in [4.78, 5) is 22.5. The molecule has 0 fully saturated rings. The SMILES string of the molecule is CCOC(=O)C(Cc1ccc(OC(C)C(=O)O)cc1)OCC. The molecule has 0 aromatic heterocycles. The summed E-state index contributed by atoms with van der Waals surface area (Å²) in [5, 5.41) is 8.79. The Bertz CT molecular complexity index is 482. The minimum atomic E-state index is -1.03. The zero-order valence-corrected chi connectivity index (χ0v) is 13.1. The Labute approximate surface area is 130 Å². The van der Waals surface area contributed by atoms with Crippen LogP contribution < -0.4 is 4.74 Å². The van der Waals surface area contributed by atoms with E-state index in [9.17, 15) is 9.59 Å². The Morgan fingerprint density at radius 2 is 1.77 bits per heavy atom. The van der Waals surface area contributed by atoms with E-state index in [4.69, 9.17) is 19.3 Å². The molecule has 122 valence electrons. The molecular weight excluding hydrogens is 288 g/mol. The fourth-order valence-corrected chi connectivity index (χ4v) is 1.82. The first-order chi connectivity index (χ1) is 10.5. The van der Waals surface area contributed by atoms with Gasteiger partial charge in [-0.3, -0.25) is 0 Å². The van der Waals surface area contributed by atoms with Gasteiger partial charge in [-0.1, -0.05) is 12.1 Å². The number of aliphatic carboxylic acids is 1. The number of carboxylic acids is 1. The van der Waals surface area contributed by atoms with Gasteiger partial charge in [0.15, 0.2) is 12.2 Å². The van der Waals surface area contributed by atoms with Crippen LogP contribution in [0.15, 0.2) is 24.3 Å². The third-order valence-electron chi connectivity index (χ3n) is 2.92. The topological polar surface area (TPSA) is 82.1 Å². The maximum absolute atomic E-state index is 11.8. The van der Waals surface area contributed by atoms with Crippen molar-refractivity contribution >= 4 is 11.9 Å². The second-order valence-electron chi connectivity index (χ2n) is 4.64. The molecule has 1 aromatic carbocycles. The molecule has 0 saturated heterocycles. The number of hydrogen-bond donors (Lipinski definition) is 1. The van der Waals surface area contributed by atoms with Gasteiger partial charge in [0, 0.05) is 13.0 Å². The lowest BCUT2D eigenvalue weighted by Gasteiger charge is -2.16. The van der Waals surface area contributed by atoms with Crippen molar-refractivity contribution in [1.29, 1.82) is 0 Å². The molecule has 1 rings (SSSR count). The third-order valence-corrected chi connectivity index (χ3v) is 2.92. The first kappa shape index (κ1) is 18.0. The molecule has 22 heavy (non-hydrogen) atoms. The summed E-state index contributed by atoms with van der Waals surface area (Å²) >= 11 is 0. The minimum Gasteiger partial charge on any atom is -0.479 e. The molecule has 2 atom stereocenters. The summed E-state index contributed by atoms with van der Waals surface area (Å²) in [6.45, 7) is 5.75. The van der Waals surface area contributed by atoms with E-state index < -0.39 is 18.2 Å². The van der Waals surface area contributed by atoms with Crippen LogP contribution in [-0.2, 0) is 25.5 Å². The standard InChI is InChI=1S/C16H22O6/c1-4-20-14(16(19)21-5-2)10-12-6-8-13(9-7-12)22-11(3)15(17)18/h6-9,11,14H,4-5,10H2,1-3H3,(H,17,18). The van der Waals surface area contributed by atoms with Crippen molar-refractivity contribution in [2.24, 2.45) is 0 Å². The Morgan fingerprint density at radius 1 is 1.14 bits per heavy atom. The normalized spacial score (nSPS) is 13.2. The highest BCUT2D eigenvalue weighted by Gasteiger charge is 2.20. The highest BCUT2D eigenvalue weighted by molar-refractivity contribution is 5.75. The molecule has 0 aliphatic carbocycles. The first-order valence-corrected chi connectivity index (χ1v) is 7.24. The number of esters is 1. The van der Waals surface area contributed by atoms with Crippen molar-refractivity contribution in [3.8, 4) is 5.75 Å². The third kappa shape index (κ3) is 5.73. The van der Waals surface area contributed by atoms with Gasteiger partial charge in [0.1, 0.15) is 5.75 Å². The molecule has 0 saturated carbocycles. The van der Waals surface area contributed by atoms with Gasteiger partial charge in [0.05, 0.1) is 6.61 Å². The van der Waals surface area contributed by atoms with E-state index in [-0.39, 0.29) is 5.97 Å². The van der Waals surface area contributed by atoms with Crippen molar-refractivity contribution < 1.29 is 28.9 Å². The van der Waals surface area contributed by atoms with Crippen molar-refractivity contribution in [2.45, 2.75) is 39.4 Å². The summed E-state index contributed by atoms with van der Waals surface area (Å²) in [6, 6.07) is 6.89. The van der Waals surface area contributed by atoms with Gasteiger partial charge in [-0.15, -0.1) is 0 Å². The summed E-state index contributed by atoms with van der Waals surface area (Å²) < 4.78 is 15.6. The Balaban J connectivity index is 2.68. The quantitative estimate of drug-likeness (QED) is 0.703. The molecule has 0 aliphatic rings. The molecule has 0 heterocycles. The van der Waals surface area contributed by atoms with Crippen molar-refractivity contribution in [2.75, 3.05) is 13.2 Å². The van der Waals surface area contributed by atoms with Crippen LogP contribution in [0.2, 0.25) is 0 Å². The van der Waals surface area contributed by atoms with Gasteiger partial charge in [-0.05, 0) is 38.5 Å². The molecule has 0 bridgehead atoms. The van der Waals surface area contributed by atoms with Crippen molar-refractivity contribution in [3.05, 3.63) is 29.8 Å². The van der Waals surface area contributed by atoms with Crippen LogP contribution in [0, 0.1) is 0 Å². The lowest BCUT2D eigenvalue weighted by atomic mass is 10.1. The van der Waals surface area contributed by atoms with Gasteiger partial charge >= 0.3 is 11.9 Å². The van der Waals surface area contributed by atoms with Crippen molar-refractivity contribution in [1.82, 2.24) is 0 Å². The van der Waals surface area contributed by atoms with E-state index in [1.165, 1.54) is 6.92 Å². The molecule has 2 unspecified atom stereocenters. The number of carbonyl (C=O) groups is 2. The van der Waals surface area contributed by atoms with E-state index in [1.54, 1.807) is 31.2 Å². The molecule has 0 radical (unpaired) electrons. The first-order valence-electron chi connectivity index (χ1n) is 7.24. The molecule has 6 nitrogen and oxygen atoms in total. The van der Waals surface area contributed by atoms with Crippen LogP contribution in [0.25, 0.3) is 0 Å². The second-order valence-corrected chi connectivity index (χ2v) is 4.64. The van der Waals surface area contributed by atoms with Crippen LogP contribution in [-0.4, -0.2) is 42.5 Å². The van der Waals surface area contributed by atoms with E-state index in [0.29, 0.717) is 25.4 Å². The van der Waals surface area contributed by atoms with E-state index in [1.807, 2.05) is 6.92 Å². The van der Waals surface area contributed by atoms with Gasteiger partial charge in [-0.25, -0.2) is 9.59 Å². The number of rotatable bonds is 9. The van der Waals surface area contributed by atoms with Crippen LogP contribution in [0.1, 0.15) is 26.3 Å². The van der Waals surface area contributed by atoms with E-state index in [2.05, 4.69) is 0 Å². The molecule has 0 amide bonds. The summed E-state index contributed by atoms with van der Waals surface area (Å²) in [7, 11) is 0. The smallest absolute Gasteiger partial charge is 0.344 e. The molecule has 6 heteroatoms. The largest absolute Gasteiger partial charge is 0.479 e. The highest BCUT2D eigenvalue weighted by atomic mass is 16.6. The number of carboxylic acid groups (broad SMARTS) is 1. The summed E-state index contributed by atoms with van der Waals surface area (Å²) in [6.07, 6.45) is -1.17. The number of ether oxygens (including phenoxy) is 3. The maximum Gasteiger partial charge on any atom is 0.344 e. The summed E-state index contributed by atoms with van der Waals surface area (Å²) in [5.74, 6) is -0.949. The predicted octanol–water partition coefficient (Wildman–Crippen LogP) is 2.05. The van der Waals surface area contributed by atoms with E-state index >= 15 is 0 Å². The Morgan fingerprint density at radius 3 is 2.27 bits per heavy atom. The maximum atomic E-state index is 11.8. The Kier molecular flexibility index (Phi) is 7.39. The van der Waals surface area contributed by atoms with Crippen LogP contribution >= 0.6 is 0 Å². The average Bonchev–Trinajstić information content (AvgIpc) is 2.48. The fraction of sp³-hybridized carbons (Fsp3) is 0.500. The van der Waals surface area contributed by atoms with E-state index in [0.717, 1.165) is 5.56 Å². The minimum absolute atomic E-state index is 0.308. The number of benzene rings is 1. The molecule has 0 spiro atoms. The Hall–Kier alpha value is -2.08. The van der Waals surface area contributed by atoms with Crippen LogP contribution in [0.3, 0.4) is 0 Å². The number of carbonyl (C=O) groups excluding carboxylic acids is 1. The number of hydrogen-bond acceptors (Lipinski definition) is 5. The van der Waals surface area contributed by atoms with Gasteiger partial charge < -0.3 is 19.3 Å². The zero-order chi connectivity index (χ0) is 16.5. The van der Waals surface area contributed by atoms with Crippen LogP contribution in [0.4, 0.5) is 0 Å². The molecule has 0 aliphatic heterocycles. The lowest BCUT2D eigenvalue weighted by molar-refractivity contribution is -0.156. The lowest BCUT2D eigenvalue weighted by Crippen LogP contribution is -2.29. The predicted molar refractivity (Wildman–Crippen MR) is 79.9 cm³/mol. The summed E-state index contributed by atoms with van der Waals surface area (Å²) in [5.41, 5.74) is 0.877. The monoisotopic (exact) mass is 310 g/mol.